The van der Waals surface area contributed by atoms with Crippen LogP contribution in [-0.4, -0.2) is 17.9 Å². The SMILES string of the molecule is C[C@H](OC(=O)/C=C/c1ccco1)C(=O)c1ccc(C(C)(C)C)cc1. The topological polar surface area (TPSA) is 56.5 Å². The van der Waals surface area contributed by atoms with Crippen LogP contribution >= 0.6 is 0 Å². The first kappa shape index (κ1) is 17.7. The zero-order valence-electron chi connectivity index (χ0n) is 14.4. The van der Waals surface area contributed by atoms with Crippen molar-refractivity contribution < 1.29 is 18.7 Å². The number of esters is 1. The van der Waals surface area contributed by atoms with E-state index in [2.05, 4.69) is 20.8 Å². The molecule has 0 fully saturated rings. The lowest BCUT2D eigenvalue weighted by atomic mass is 9.86. The van der Waals surface area contributed by atoms with E-state index in [0.29, 0.717) is 11.3 Å². The normalized spacial score (nSPS) is 13.0. The predicted octanol–water partition coefficient (Wildman–Crippen LogP) is 4.40. The van der Waals surface area contributed by atoms with Gasteiger partial charge in [0.2, 0.25) is 5.78 Å². The second kappa shape index (κ2) is 7.30. The van der Waals surface area contributed by atoms with Gasteiger partial charge in [0.15, 0.2) is 6.10 Å². The van der Waals surface area contributed by atoms with Crippen molar-refractivity contribution >= 4 is 17.8 Å². The lowest BCUT2D eigenvalue weighted by Gasteiger charge is -2.19. The number of hydrogen-bond acceptors (Lipinski definition) is 4. The van der Waals surface area contributed by atoms with Crippen LogP contribution in [0, 0.1) is 0 Å². The molecule has 4 nitrogen and oxygen atoms in total. The summed E-state index contributed by atoms with van der Waals surface area (Å²) in [6.07, 6.45) is 3.40. The summed E-state index contributed by atoms with van der Waals surface area (Å²) >= 11 is 0. The van der Waals surface area contributed by atoms with E-state index in [0.717, 1.165) is 5.56 Å². The van der Waals surface area contributed by atoms with Crippen molar-refractivity contribution in [2.45, 2.75) is 39.2 Å². The molecule has 1 heterocycles. The summed E-state index contributed by atoms with van der Waals surface area (Å²) in [7, 11) is 0. The standard InChI is InChI=1S/C20H22O4/c1-14(24-18(21)12-11-17-6-5-13-23-17)19(22)15-7-9-16(10-8-15)20(2,3)4/h5-14H,1-4H3/b12-11+/t14-/m0/s1. The molecule has 0 radical (unpaired) electrons. The van der Waals surface area contributed by atoms with Crippen molar-refractivity contribution in [1.82, 2.24) is 0 Å². The maximum Gasteiger partial charge on any atom is 0.331 e. The first-order valence-electron chi connectivity index (χ1n) is 7.84. The molecule has 0 aliphatic heterocycles. The Morgan fingerprint density at radius 1 is 1.12 bits per heavy atom. The molecule has 0 saturated carbocycles. The Labute approximate surface area is 142 Å². The molecule has 0 amide bonds. The zero-order valence-corrected chi connectivity index (χ0v) is 14.4. The summed E-state index contributed by atoms with van der Waals surface area (Å²) in [5, 5.41) is 0. The van der Waals surface area contributed by atoms with Crippen LogP contribution < -0.4 is 0 Å². The molecule has 1 aromatic heterocycles. The van der Waals surface area contributed by atoms with Gasteiger partial charge in [-0.25, -0.2) is 4.79 Å². The van der Waals surface area contributed by atoms with Gasteiger partial charge < -0.3 is 9.15 Å². The van der Waals surface area contributed by atoms with Crippen LogP contribution in [0.5, 0.6) is 0 Å². The number of benzene rings is 1. The van der Waals surface area contributed by atoms with Gasteiger partial charge in [-0.15, -0.1) is 0 Å². The van der Waals surface area contributed by atoms with Crippen molar-refractivity contribution in [2.75, 3.05) is 0 Å². The Kier molecular flexibility index (Phi) is 5.39. The van der Waals surface area contributed by atoms with Gasteiger partial charge in [-0.3, -0.25) is 4.79 Å². The number of carbonyl (C=O) groups is 2. The Balaban J connectivity index is 1.97. The van der Waals surface area contributed by atoms with E-state index < -0.39 is 12.1 Å². The summed E-state index contributed by atoms with van der Waals surface area (Å²) in [5.41, 5.74) is 1.69. The molecular weight excluding hydrogens is 304 g/mol. The molecule has 126 valence electrons. The summed E-state index contributed by atoms with van der Waals surface area (Å²) in [6.45, 7) is 7.90. The average molecular weight is 326 g/mol. The minimum Gasteiger partial charge on any atom is -0.465 e. The van der Waals surface area contributed by atoms with Gasteiger partial charge in [-0.1, -0.05) is 45.0 Å². The van der Waals surface area contributed by atoms with Crippen molar-refractivity contribution in [3.05, 3.63) is 65.6 Å². The lowest BCUT2D eigenvalue weighted by Crippen LogP contribution is -2.23. The lowest BCUT2D eigenvalue weighted by molar-refractivity contribution is -0.140. The van der Waals surface area contributed by atoms with Gasteiger partial charge in [-0.05, 0) is 36.1 Å². The van der Waals surface area contributed by atoms with Crippen LogP contribution in [-0.2, 0) is 14.9 Å². The molecule has 1 aromatic carbocycles. The maximum absolute atomic E-state index is 12.4. The number of furan rings is 1. The zero-order chi connectivity index (χ0) is 17.7. The Hall–Kier alpha value is -2.62. The van der Waals surface area contributed by atoms with Crippen molar-refractivity contribution in [1.29, 1.82) is 0 Å². The Morgan fingerprint density at radius 3 is 2.33 bits per heavy atom. The van der Waals surface area contributed by atoms with Crippen LogP contribution in [0.1, 0.15) is 49.4 Å². The minimum absolute atomic E-state index is 0.0241. The van der Waals surface area contributed by atoms with Crippen LogP contribution in [0.25, 0.3) is 6.08 Å². The van der Waals surface area contributed by atoms with Crippen LogP contribution in [0.15, 0.2) is 53.2 Å². The monoisotopic (exact) mass is 326 g/mol. The Bertz CT molecular complexity index is 716. The first-order chi connectivity index (χ1) is 11.3. The van der Waals surface area contributed by atoms with Crippen molar-refractivity contribution in [2.24, 2.45) is 0 Å². The molecule has 0 N–H and O–H groups in total. The predicted molar refractivity (Wildman–Crippen MR) is 92.8 cm³/mol. The minimum atomic E-state index is -0.848. The molecule has 0 saturated heterocycles. The number of Topliss-reactive ketones (excluding diaryl/α,β-unsaturated/α-hetero) is 1. The van der Waals surface area contributed by atoms with E-state index in [4.69, 9.17) is 9.15 Å². The second-order valence-electron chi connectivity index (χ2n) is 6.62. The van der Waals surface area contributed by atoms with E-state index >= 15 is 0 Å². The molecule has 2 aromatic rings. The molecular formula is C20H22O4. The van der Waals surface area contributed by atoms with E-state index in [1.54, 1.807) is 31.2 Å². The van der Waals surface area contributed by atoms with E-state index in [-0.39, 0.29) is 11.2 Å². The second-order valence-corrected chi connectivity index (χ2v) is 6.62. The van der Waals surface area contributed by atoms with Gasteiger partial charge in [0, 0.05) is 11.6 Å². The number of carbonyl (C=O) groups excluding carboxylic acids is 2. The fourth-order valence-electron chi connectivity index (χ4n) is 2.17. The average Bonchev–Trinajstić information content (AvgIpc) is 3.05. The quantitative estimate of drug-likeness (QED) is 0.464. The third-order valence-electron chi connectivity index (χ3n) is 3.62. The summed E-state index contributed by atoms with van der Waals surface area (Å²) < 4.78 is 10.2. The van der Waals surface area contributed by atoms with Crippen molar-refractivity contribution in [3.63, 3.8) is 0 Å². The van der Waals surface area contributed by atoms with Gasteiger partial charge in [0.25, 0.3) is 0 Å². The first-order valence-corrected chi connectivity index (χ1v) is 7.84. The van der Waals surface area contributed by atoms with Gasteiger partial charge in [-0.2, -0.15) is 0 Å². The maximum atomic E-state index is 12.4. The fourth-order valence-corrected chi connectivity index (χ4v) is 2.17. The molecule has 4 heteroatoms. The third-order valence-corrected chi connectivity index (χ3v) is 3.62. The molecule has 1 atom stereocenters. The number of hydrogen-bond donors (Lipinski definition) is 0. The number of ketones is 1. The van der Waals surface area contributed by atoms with E-state index in [9.17, 15) is 9.59 Å². The van der Waals surface area contributed by atoms with Crippen molar-refractivity contribution in [3.8, 4) is 0 Å². The molecule has 0 bridgehead atoms. The molecule has 0 aliphatic rings. The number of rotatable bonds is 5. The molecule has 0 unspecified atom stereocenters. The molecule has 0 aliphatic carbocycles. The third kappa shape index (κ3) is 4.69. The Morgan fingerprint density at radius 2 is 1.79 bits per heavy atom. The highest BCUT2D eigenvalue weighted by molar-refractivity contribution is 6.01. The summed E-state index contributed by atoms with van der Waals surface area (Å²) in [4.78, 5) is 24.1. The summed E-state index contributed by atoms with van der Waals surface area (Å²) in [5.74, 6) is -0.266. The smallest absolute Gasteiger partial charge is 0.331 e. The molecule has 24 heavy (non-hydrogen) atoms. The highest BCUT2D eigenvalue weighted by Crippen LogP contribution is 2.22. The summed E-state index contributed by atoms with van der Waals surface area (Å²) in [6, 6.07) is 10.8. The van der Waals surface area contributed by atoms with Crippen LogP contribution in [0.2, 0.25) is 0 Å². The highest BCUT2D eigenvalue weighted by atomic mass is 16.5. The van der Waals surface area contributed by atoms with Crippen LogP contribution in [0.3, 0.4) is 0 Å². The highest BCUT2D eigenvalue weighted by Gasteiger charge is 2.20. The van der Waals surface area contributed by atoms with Gasteiger partial charge >= 0.3 is 5.97 Å². The van der Waals surface area contributed by atoms with Crippen LogP contribution in [0.4, 0.5) is 0 Å². The molecule has 2 rings (SSSR count). The van der Waals surface area contributed by atoms with Gasteiger partial charge in [0.05, 0.1) is 6.26 Å². The van der Waals surface area contributed by atoms with E-state index in [1.807, 2.05) is 12.1 Å². The fraction of sp³-hybridized carbons (Fsp3) is 0.300. The number of ether oxygens (including phenoxy) is 1. The van der Waals surface area contributed by atoms with E-state index in [1.165, 1.54) is 18.4 Å². The molecule has 0 spiro atoms. The largest absolute Gasteiger partial charge is 0.465 e. The van der Waals surface area contributed by atoms with Gasteiger partial charge in [0.1, 0.15) is 5.76 Å².